The number of nitrogens with two attached hydrogens (primary N) is 1. The quantitative estimate of drug-likeness (QED) is 0.539. The van der Waals surface area contributed by atoms with Gasteiger partial charge in [0.2, 0.25) is 0 Å². The van der Waals surface area contributed by atoms with Gasteiger partial charge in [0, 0.05) is 22.9 Å². The molecule has 0 amide bonds. The monoisotopic (exact) mass is 241 g/mol. The van der Waals surface area contributed by atoms with Crippen molar-refractivity contribution in [2.24, 2.45) is 5.92 Å². The maximum absolute atomic E-state index is 10.7. The van der Waals surface area contributed by atoms with Crippen molar-refractivity contribution < 1.29 is 15.0 Å². The summed E-state index contributed by atoms with van der Waals surface area (Å²) < 4.78 is 0. The van der Waals surface area contributed by atoms with Gasteiger partial charge < -0.3 is 15.9 Å². The Morgan fingerprint density at radius 2 is 2.25 bits per heavy atom. The summed E-state index contributed by atoms with van der Waals surface area (Å²) in [4.78, 5) is 11.5. The summed E-state index contributed by atoms with van der Waals surface area (Å²) in [6.45, 7) is 2.08. The van der Waals surface area contributed by atoms with Crippen LogP contribution < -0.4 is 5.73 Å². The van der Waals surface area contributed by atoms with Crippen molar-refractivity contribution >= 4 is 23.4 Å². The number of hydrogen-bond acceptors (Lipinski definition) is 4. The Morgan fingerprint density at radius 1 is 1.56 bits per heavy atom. The molecule has 0 fully saturated rings. The minimum absolute atomic E-state index is 0.139. The van der Waals surface area contributed by atoms with E-state index in [0.29, 0.717) is 5.69 Å². The van der Waals surface area contributed by atoms with Crippen molar-refractivity contribution in [3.8, 4) is 0 Å². The molecule has 0 aliphatic carbocycles. The van der Waals surface area contributed by atoms with Gasteiger partial charge in [0.05, 0.1) is 5.56 Å². The number of rotatable bonds is 5. The summed E-state index contributed by atoms with van der Waals surface area (Å²) in [6, 6.07) is 4.69. The van der Waals surface area contributed by atoms with Crippen LogP contribution >= 0.6 is 11.8 Å². The zero-order valence-electron chi connectivity index (χ0n) is 9.01. The number of carbonyl (C=O) groups is 1. The average Bonchev–Trinajstić information content (AvgIpc) is 2.26. The van der Waals surface area contributed by atoms with Crippen LogP contribution in [0.5, 0.6) is 0 Å². The average molecular weight is 241 g/mol. The molecule has 16 heavy (non-hydrogen) atoms. The van der Waals surface area contributed by atoms with Crippen LogP contribution in [0.3, 0.4) is 0 Å². The topological polar surface area (TPSA) is 83.5 Å². The first kappa shape index (κ1) is 12.9. The Hall–Kier alpha value is -1.20. The zero-order valence-corrected chi connectivity index (χ0v) is 9.83. The first-order chi connectivity index (χ1) is 7.54. The Labute approximate surface area is 98.5 Å². The lowest BCUT2D eigenvalue weighted by Gasteiger charge is -2.09. The molecule has 4 N–H and O–H groups in total. The Balaban J connectivity index is 2.72. The molecule has 0 saturated heterocycles. The molecule has 1 unspecified atom stereocenters. The van der Waals surface area contributed by atoms with E-state index < -0.39 is 5.97 Å². The number of anilines is 1. The molecular weight excluding hydrogens is 226 g/mol. The molecule has 0 heterocycles. The normalized spacial score (nSPS) is 12.4. The van der Waals surface area contributed by atoms with Gasteiger partial charge in [0.15, 0.2) is 0 Å². The van der Waals surface area contributed by atoms with E-state index in [9.17, 15) is 4.79 Å². The highest BCUT2D eigenvalue weighted by Gasteiger charge is 2.08. The number of nitrogen functional groups attached to an aromatic ring is 1. The Morgan fingerprint density at radius 3 is 2.75 bits per heavy atom. The van der Waals surface area contributed by atoms with Crippen molar-refractivity contribution in [2.75, 3.05) is 18.1 Å². The van der Waals surface area contributed by atoms with Gasteiger partial charge in [-0.3, -0.25) is 0 Å². The van der Waals surface area contributed by atoms with E-state index in [2.05, 4.69) is 0 Å². The molecule has 1 rings (SSSR count). The highest BCUT2D eigenvalue weighted by atomic mass is 32.2. The predicted molar refractivity (Wildman–Crippen MR) is 64.8 cm³/mol. The van der Waals surface area contributed by atoms with Gasteiger partial charge in [-0.15, -0.1) is 11.8 Å². The third-order valence-electron chi connectivity index (χ3n) is 2.09. The predicted octanol–water partition coefficient (Wildman–Crippen LogP) is 1.69. The summed E-state index contributed by atoms with van der Waals surface area (Å²) in [5, 5.41) is 17.6. The third kappa shape index (κ3) is 3.43. The fourth-order valence-electron chi connectivity index (χ4n) is 1.10. The number of benzene rings is 1. The molecule has 88 valence electrons. The van der Waals surface area contributed by atoms with Crippen LogP contribution in [0, 0.1) is 5.92 Å². The van der Waals surface area contributed by atoms with Gasteiger partial charge in [-0.05, 0) is 24.1 Å². The van der Waals surface area contributed by atoms with E-state index in [4.69, 9.17) is 15.9 Å². The summed E-state index contributed by atoms with van der Waals surface area (Å²) in [6.07, 6.45) is 0. The lowest BCUT2D eigenvalue weighted by Crippen LogP contribution is -2.04. The second kappa shape index (κ2) is 5.77. The summed E-state index contributed by atoms with van der Waals surface area (Å²) in [5.74, 6) is -0.0249. The summed E-state index contributed by atoms with van der Waals surface area (Å²) in [5.41, 5.74) is 6.40. The Kier molecular flexibility index (Phi) is 4.64. The molecule has 1 aromatic rings. The third-order valence-corrected chi connectivity index (χ3v) is 3.51. The van der Waals surface area contributed by atoms with Crippen LogP contribution in [0.2, 0.25) is 0 Å². The number of hydrogen-bond donors (Lipinski definition) is 3. The van der Waals surface area contributed by atoms with Crippen molar-refractivity contribution in [1.29, 1.82) is 0 Å². The molecule has 0 aromatic heterocycles. The van der Waals surface area contributed by atoms with E-state index in [0.717, 1.165) is 10.6 Å². The highest BCUT2D eigenvalue weighted by Crippen LogP contribution is 2.27. The van der Waals surface area contributed by atoms with Crippen LogP contribution in [0.15, 0.2) is 23.1 Å². The first-order valence-corrected chi connectivity index (χ1v) is 5.89. The second-order valence-corrected chi connectivity index (χ2v) is 4.72. The van der Waals surface area contributed by atoms with Crippen LogP contribution in [-0.2, 0) is 0 Å². The van der Waals surface area contributed by atoms with Crippen molar-refractivity contribution in [3.63, 3.8) is 0 Å². The van der Waals surface area contributed by atoms with Gasteiger partial charge in [-0.1, -0.05) is 6.92 Å². The van der Waals surface area contributed by atoms with Gasteiger partial charge in [0.25, 0.3) is 0 Å². The lowest BCUT2D eigenvalue weighted by molar-refractivity contribution is 0.0697. The first-order valence-electron chi connectivity index (χ1n) is 4.91. The van der Waals surface area contributed by atoms with Crippen LogP contribution in [0.1, 0.15) is 17.3 Å². The van der Waals surface area contributed by atoms with Gasteiger partial charge in [0.1, 0.15) is 0 Å². The molecule has 0 spiro atoms. The van der Waals surface area contributed by atoms with Crippen molar-refractivity contribution in [2.45, 2.75) is 11.8 Å². The maximum atomic E-state index is 10.7. The molecular formula is C11H15NO3S. The van der Waals surface area contributed by atoms with Crippen LogP contribution in [0.4, 0.5) is 5.69 Å². The number of aliphatic hydroxyl groups is 1. The molecule has 0 radical (unpaired) electrons. The second-order valence-electron chi connectivity index (χ2n) is 3.66. The largest absolute Gasteiger partial charge is 0.478 e. The molecule has 1 aromatic carbocycles. The number of aliphatic hydroxyl groups excluding tert-OH is 1. The van der Waals surface area contributed by atoms with Crippen molar-refractivity contribution in [3.05, 3.63) is 23.8 Å². The molecule has 0 bridgehead atoms. The minimum atomic E-state index is -0.980. The van der Waals surface area contributed by atoms with Gasteiger partial charge in [-0.25, -0.2) is 4.79 Å². The summed E-state index contributed by atoms with van der Waals surface area (Å²) in [7, 11) is 0. The molecule has 1 atom stereocenters. The van der Waals surface area contributed by atoms with E-state index >= 15 is 0 Å². The van der Waals surface area contributed by atoms with E-state index in [1.54, 1.807) is 6.07 Å². The number of carboxylic acids is 1. The van der Waals surface area contributed by atoms with Crippen LogP contribution in [-0.4, -0.2) is 28.5 Å². The zero-order chi connectivity index (χ0) is 12.1. The van der Waals surface area contributed by atoms with Crippen molar-refractivity contribution in [1.82, 2.24) is 0 Å². The van der Waals surface area contributed by atoms with E-state index in [1.807, 2.05) is 6.92 Å². The molecule has 0 saturated carbocycles. The molecule has 0 aliphatic rings. The van der Waals surface area contributed by atoms with E-state index in [1.165, 1.54) is 23.9 Å². The van der Waals surface area contributed by atoms with Gasteiger partial charge >= 0.3 is 5.97 Å². The van der Waals surface area contributed by atoms with Crippen LogP contribution in [0.25, 0.3) is 0 Å². The minimum Gasteiger partial charge on any atom is -0.478 e. The highest BCUT2D eigenvalue weighted by molar-refractivity contribution is 7.99. The molecule has 5 heteroatoms. The standard InChI is InChI=1S/C11H15NO3S/c1-7(5-13)6-16-10-3-2-8(11(14)15)4-9(10)12/h2-4,7,13H,5-6,12H2,1H3,(H,14,15). The fourth-order valence-corrected chi connectivity index (χ4v) is 2.06. The lowest BCUT2D eigenvalue weighted by atomic mass is 10.2. The number of aromatic carboxylic acids is 1. The van der Waals surface area contributed by atoms with Gasteiger partial charge in [-0.2, -0.15) is 0 Å². The van der Waals surface area contributed by atoms with E-state index in [-0.39, 0.29) is 18.1 Å². The molecule has 4 nitrogen and oxygen atoms in total. The molecule has 0 aliphatic heterocycles. The Bertz CT molecular complexity index is 381. The smallest absolute Gasteiger partial charge is 0.335 e. The fraction of sp³-hybridized carbons (Fsp3) is 0.364. The summed E-state index contributed by atoms with van der Waals surface area (Å²) >= 11 is 1.52. The number of carboxylic acid groups (broad SMARTS) is 1. The SMILES string of the molecule is CC(CO)CSc1ccc(C(=O)O)cc1N. The number of thioether (sulfide) groups is 1. The maximum Gasteiger partial charge on any atom is 0.335 e.